The van der Waals surface area contributed by atoms with Gasteiger partial charge in [0.25, 0.3) is 5.91 Å². The Kier molecular flexibility index (Phi) is 3.97. The molecule has 4 heteroatoms. The monoisotopic (exact) mass is 205 g/mol. The first-order chi connectivity index (χ1) is 7.19. The SMILES string of the molecule is C=CCN(C)C(=O)c1cnc(CC)nc1. The summed E-state index contributed by atoms with van der Waals surface area (Å²) >= 11 is 0. The number of amides is 1. The van der Waals surface area contributed by atoms with Crippen molar-refractivity contribution in [1.29, 1.82) is 0 Å². The molecule has 80 valence electrons. The van der Waals surface area contributed by atoms with Gasteiger partial charge in [0, 0.05) is 32.4 Å². The van der Waals surface area contributed by atoms with E-state index in [2.05, 4.69) is 16.5 Å². The fraction of sp³-hybridized carbons (Fsp3) is 0.364. The van der Waals surface area contributed by atoms with Crippen molar-refractivity contribution in [3.05, 3.63) is 36.4 Å². The predicted octanol–water partition coefficient (Wildman–Crippen LogP) is 1.30. The minimum absolute atomic E-state index is 0.0856. The Morgan fingerprint density at radius 3 is 2.60 bits per heavy atom. The molecule has 0 radical (unpaired) electrons. The van der Waals surface area contributed by atoms with Crippen LogP contribution in [0.2, 0.25) is 0 Å². The first-order valence-corrected chi connectivity index (χ1v) is 4.86. The third kappa shape index (κ3) is 2.87. The van der Waals surface area contributed by atoms with Gasteiger partial charge in [0.05, 0.1) is 5.56 Å². The van der Waals surface area contributed by atoms with E-state index in [4.69, 9.17) is 0 Å². The van der Waals surface area contributed by atoms with Gasteiger partial charge in [-0.3, -0.25) is 4.79 Å². The lowest BCUT2D eigenvalue weighted by atomic mass is 10.3. The molecule has 1 aromatic heterocycles. The zero-order valence-electron chi connectivity index (χ0n) is 9.10. The van der Waals surface area contributed by atoms with Crippen molar-refractivity contribution in [3.63, 3.8) is 0 Å². The van der Waals surface area contributed by atoms with E-state index in [9.17, 15) is 4.79 Å². The summed E-state index contributed by atoms with van der Waals surface area (Å²) in [6, 6.07) is 0. The second-order valence-electron chi connectivity index (χ2n) is 3.22. The number of aryl methyl sites for hydroxylation is 1. The van der Waals surface area contributed by atoms with E-state index in [0.717, 1.165) is 12.2 Å². The maximum absolute atomic E-state index is 11.7. The summed E-state index contributed by atoms with van der Waals surface area (Å²) in [4.78, 5) is 21.5. The largest absolute Gasteiger partial charge is 0.338 e. The highest BCUT2D eigenvalue weighted by atomic mass is 16.2. The lowest BCUT2D eigenvalue weighted by Crippen LogP contribution is -2.27. The van der Waals surface area contributed by atoms with Crippen LogP contribution in [0.4, 0.5) is 0 Å². The molecule has 0 N–H and O–H groups in total. The van der Waals surface area contributed by atoms with E-state index >= 15 is 0 Å². The van der Waals surface area contributed by atoms with E-state index in [1.165, 1.54) is 0 Å². The van der Waals surface area contributed by atoms with Gasteiger partial charge in [0.1, 0.15) is 5.82 Å². The van der Waals surface area contributed by atoms with Gasteiger partial charge < -0.3 is 4.90 Å². The van der Waals surface area contributed by atoms with Crippen LogP contribution in [0.3, 0.4) is 0 Å². The molecular weight excluding hydrogens is 190 g/mol. The number of likely N-dealkylation sites (N-methyl/N-ethyl adjacent to an activating group) is 1. The van der Waals surface area contributed by atoms with Gasteiger partial charge >= 0.3 is 0 Å². The van der Waals surface area contributed by atoms with E-state index in [1.54, 1.807) is 30.4 Å². The maximum atomic E-state index is 11.7. The molecule has 4 nitrogen and oxygen atoms in total. The number of hydrogen-bond acceptors (Lipinski definition) is 3. The average molecular weight is 205 g/mol. The molecular formula is C11H15N3O. The van der Waals surface area contributed by atoms with Crippen LogP contribution in [-0.4, -0.2) is 34.4 Å². The van der Waals surface area contributed by atoms with Gasteiger partial charge in [-0.25, -0.2) is 9.97 Å². The Balaban J connectivity index is 2.77. The summed E-state index contributed by atoms with van der Waals surface area (Å²) in [5.74, 6) is 0.662. The zero-order valence-corrected chi connectivity index (χ0v) is 9.10. The third-order valence-corrected chi connectivity index (χ3v) is 2.02. The van der Waals surface area contributed by atoms with E-state index < -0.39 is 0 Å². The molecule has 1 aromatic rings. The summed E-state index contributed by atoms with van der Waals surface area (Å²) in [6.45, 7) is 6.07. The molecule has 0 saturated heterocycles. The molecule has 0 aliphatic heterocycles. The first-order valence-electron chi connectivity index (χ1n) is 4.86. The van der Waals surface area contributed by atoms with Crippen molar-refractivity contribution in [2.75, 3.05) is 13.6 Å². The summed E-state index contributed by atoms with van der Waals surface area (Å²) in [7, 11) is 1.72. The van der Waals surface area contributed by atoms with Gasteiger partial charge in [0.2, 0.25) is 0 Å². The molecule has 1 amide bonds. The molecule has 0 bridgehead atoms. The van der Waals surface area contributed by atoms with Crippen molar-refractivity contribution in [2.45, 2.75) is 13.3 Å². The van der Waals surface area contributed by atoms with Crippen molar-refractivity contribution in [2.24, 2.45) is 0 Å². The molecule has 1 heterocycles. The van der Waals surface area contributed by atoms with Crippen molar-refractivity contribution in [1.82, 2.24) is 14.9 Å². The molecule has 0 saturated carbocycles. The van der Waals surface area contributed by atoms with Gasteiger partial charge in [-0.15, -0.1) is 6.58 Å². The number of aromatic nitrogens is 2. The van der Waals surface area contributed by atoms with Gasteiger partial charge in [0.15, 0.2) is 0 Å². The van der Waals surface area contributed by atoms with Crippen LogP contribution in [0.15, 0.2) is 25.0 Å². The third-order valence-electron chi connectivity index (χ3n) is 2.02. The number of carbonyl (C=O) groups is 1. The molecule has 0 spiro atoms. The van der Waals surface area contributed by atoms with Crippen LogP contribution in [-0.2, 0) is 6.42 Å². The quantitative estimate of drug-likeness (QED) is 0.696. The van der Waals surface area contributed by atoms with E-state index in [0.29, 0.717) is 12.1 Å². The molecule has 0 aliphatic carbocycles. The lowest BCUT2D eigenvalue weighted by Gasteiger charge is -2.14. The summed E-state index contributed by atoms with van der Waals surface area (Å²) in [5, 5.41) is 0. The smallest absolute Gasteiger partial charge is 0.257 e. The Hall–Kier alpha value is -1.71. The number of nitrogens with zero attached hydrogens (tertiary/aromatic N) is 3. The predicted molar refractivity (Wildman–Crippen MR) is 58.6 cm³/mol. The Labute approximate surface area is 89.7 Å². The molecule has 0 atom stereocenters. The lowest BCUT2D eigenvalue weighted by molar-refractivity contribution is 0.0809. The highest BCUT2D eigenvalue weighted by Gasteiger charge is 2.10. The van der Waals surface area contributed by atoms with Crippen LogP contribution >= 0.6 is 0 Å². The molecule has 15 heavy (non-hydrogen) atoms. The number of hydrogen-bond donors (Lipinski definition) is 0. The highest BCUT2D eigenvalue weighted by Crippen LogP contribution is 2.01. The van der Waals surface area contributed by atoms with Crippen LogP contribution in [0, 0.1) is 0 Å². The van der Waals surface area contributed by atoms with Crippen molar-refractivity contribution >= 4 is 5.91 Å². The van der Waals surface area contributed by atoms with Gasteiger partial charge in [-0.05, 0) is 0 Å². The summed E-state index contributed by atoms with van der Waals surface area (Å²) < 4.78 is 0. The minimum Gasteiger partial charge on any atom is -0.338 e. The second-order valence-corrected chi connectivity index (χ2v) is 3.22. The van der Waals surface area contributed by atoms with Crippen molar-refractivity contribution < 1.29 is 4.79 Å². The van der Waals surface area contributed by atoms with Crippen LogP contribution in [0.1, 0.15) is 23.1 Å². The second kappa shape index (κ2) is 5.24. The fourth-order valence-corrected chi connectivity index (χ4v) is 1.14. The van der Waals surface area contributed by atoms with Crippen LogP contribution in [0.25, 0.3) is 0 Å². The maximum Gasteiger partial charge on any atom is 0.257 e. The summed E-state index contributed by atoms with van der Waals surface area (Å²) in [6.07, 6.45) is 5.58. The molecule has 0 unspecified atom stereocenters. The van der Waals surface area contributed by atoms with E-state index in [1.807, 2.05) is 6.92 Å². The number of carbonyl (C=O) groups excluding carboxylic acids is 1. The highest BCUT2D eigenvalue weighted by molar-refractivity contribution is 5.93. The van der Waals surface area contributed by atoms with Crippen molar-refractivity contribution in [3.8, 4) is 0 Å². The average Bonchev–Trinajstić information content (AvgIpc) is 2.28. The Bertz CT molecular complexity index is 345. The molecule has 0 aliphatic rings. The van der Waals surface area contributed by atoms with E-state index in [-0.39, 0.29) is 5.91 Å². The normalized spacial score (nSPS) is 9.73. The number of rotatable bonds is 4. The summed E-state index contributed by atoms with van der Waals surface area (Å²) in [5.41, 5.74) is 0.511. The topological polar surface area (TPSA) is 46.1 Å². The first kappa shape index (κ1) is 11.4. The molecule has 0 fully saturated rings. The minimum atomic E-state index is -0.0856. The fourth-order valence-electron chi connectivity index (χ4n) is 1.14. The Morgan fingerprint density at radius 1 is 1.53 bits per heavy atom. The molecule has 0 aromatic carbocycles. The standard InChI is InChI=1S/C11H15N3O/c1-4-6-14(3)11(15)9-7-12-10(5-2)13-8-9/h4,7-8H,1,5-6H2,2-3H3. The van der Waals surface area contributed by atoms with Crippen LogP contribution in [0.5, 0.6) is 0 Å². The van der Waals surface area contributed by atoms with Crippen LogP contribution < -0.4 is 0 Å². The van der Waals surface area contributed by atoms with Gasteiger partial charge in [-0.2, -0.15) is 0 Å². The molecule has 1 rings (SSSR count). The Morgan fingerprint density at radius 2 is 2.13 bits per heavy atom. The zero-order chi connectivity index (χ0) is 11.3. The van der Waals surface area contributed by atoms with Gasteiger partial charge in [-0.1, -0.05) is 13.0 Å².